The van der Waals surface area contributed by atoms with Crippen LogP contribution in [0.25, 0.3) is 0 Å². The second-order valence-electron chi connectivity index (χ2n) is 3.16. The molecule has 0 nitrogen and oxygen atoms in total. The molecule has 1 atom stereocenters. The molecule has 0 spiro atoms. The second kappa shape index (κ2) is 5.53. The van der Waals surface area contributed by atoms with Gasteiger partial charge in [-0.05, 0) is 35.2 Å². The largest absolute Gasteiger partial charge is 0.146 e. The molecule has 0 radical (unpaired) electrons. The van der Waals surface area contributed by atoms with Crippen LogP contribution in [0, 0.1) is 0 Å². The average molecular weight is 445 g/mol. The third-order valence-corrected chi connectivity index (χ3v) is 6.00. The zero-order valence-electron chi connectivity index (χ0n) is 7.88. The van der Waals surface area contributed by atoms with Gasteiger partial charge in [-0.1, -0.05) is 59.4 Å². The molecule has 0 fully saturated rings. The molecule has 0 aliphatic carbocycles. The smallest absolute Gasteiger partial charge is 0.0764 e. The average Bonchev–Trinajstić information content (AvgIpc) is 2.67. The van der Waals surface area contributed by atoms with Gasteiger partial charge in [0.1, 0.15) is 0 Å². The molecule has 1 unspecified atom stereocenters. The Morgan fingerprint density at radius 3 is 2.56 bits per heavy atom. The van der Waals surface area contributed by atoms with Crippen LogP contribution in [0.1, 0.15) is 15.3 Å². The maximum absolute atomic E-state index is 6.13. The van der Waals surface area contributed by atoms with Crippen LogP contribution in [-0.2, 0) is 0 Å². The number of alkyl halides is 1. The SMILES string of the molecule is Clc1ccsc1C(Br)c1cc(Br)ccc1Br. The van der Waals surface area contributed by atoms with E-state index < -0.39 is 0 Å². The molecule has 0 saturated heterocycles. The fraction of sp³-hybridized carbons (Fsp3) is 0.0909. The van der Waals surface area contributed by atoms with Crippen molar-refractivity contribution in [2.45, 2.75) is 4.83 Å². The van der Waals surface area contributed by atoms with Crippen LogP contribution in [0.2, 0.25) is 5.02 Å². The molecule has 1 heterocycles. The highest BCUT2D eigenvalue weighted by atomic mass is 79.9. The van der Waals surface area contributed by atoms with Crippen molar-refractivity contribution in [2.24, 2.45) is 0 Å². The number of halogens is 4. The van der Waals surface area contributed by atoms with Crippen LogP contribution in [0.4, 0.5) is 0 Å². The molecule has 16 heavy (non-hydrogen) atoms. The minimum atomic E-state index is 0.117. The summed E-state index contributed by atoms with van der Waals surface area (Å²) in [4.78, 5) is 1.24. The van der Waals surface area contributed by atoms with Crippen LogP contribution in [0.15, 0.2) is 38.6 Å². The van der Waals surface area contributed by atoms with Crippen LogP contribution in [-0.4, -0.2) is 0 Å². The van der Waals surface area contributed by atoms with E-state index in [-0.39, 0.29) is 4.83 Å². The third-order valence-electron chi connectivity index (χ3n) is 2.11. The Labute approximate surface area is 128 Å². The number of thiophene rings is 1. The maximum atomic E-state index is 6.13. The summed E-state index contributed by atoms with van der Waals surface area (Å²) >= 11 is 18.5. The van der Waals surface area contributed by atoms with Crippen molar-refractivity contribution in [1.82, 2.24) is 0 Å². The molecule has 0 amide bonds. The van der Waals surface area contributed by atoms with Gasteiger partial charge in [0.15, 0.2) is 0 Å². The van der Waals surface area contributed by atoms with E-state index in [9.17, 15) is 0 Å². The van der Waals surface area contributed by atoms with E-state index in [4.69, 9.17) is 11.6 Å². The van der Waals surface area contributed by atoms with Gasteiger partial charge in [0, 0.05) is 13.8 Å². The van der Waals surface area contributed by atoms with Crippen LogP contribution in [0.5, 0.6) is 0 Å². The molecule has 0 saturated carbocycles. The maximum Gasteiger partial charge on any atom is 0.0764 e. The molecular weight excluding hydrogens is 439 g/mol. The predicted octanol–water partition coefficient (Wildman–Crippen LogP) is 6.41. The molecule has 5 heteroatoms. The lowest BCUT2D eigenvalue weighted by molar-refractivity contribution is 1.20. The fourth-order valence-electron chi connectivity index (χ4n) is 1.34. The first-order valence-electron chi connectivity index (χ1n) is 4.41. The Morgan fingerprint density at radius 1 is 1.19 bits per heavy atom. The topological polar surface area (TPSA) is 0 Å². The Hall–Kier alpha value is 0.650. The van der Waals surface area contributed by atoms with E-state index in [0.717, 1.165) is 18.8 Å². The van der Waals surface area contributed by atoms with E-state index >= 15 is 0 Å². The van der Waals surface area contributed by atoms with Gasteiger partial charge in [0.05, 0.1) is 9.85 Å². The second-order valence-corrected chi connectivity index (χ2v) is 7.20. The summed E-state index contributed by atoms with van der Waals surface area (Å²) in [5.74, 6) is 0. The van der Waals surface area contributed by atoms with Gasteiger partial charge in [-0.2, -0.15) is 0 Å². The van der Waals surface area contributed by atoms with E-state index in [0.29, 0.717) is 0 Å². The van der Waals surface area contributed by atoms with Crippen LogP contribution >= 0.6 is 70.7 Å². The summed E-state index contributed by atoms with van der Waals surface area (Å²) in [5, 5.41) is 2.80. The molecule has 0 bridgehead atoms. The highest BCUT2D eigenvalue weighted by Crippen LogP contribution is 2.42. The number of rotatable bonds is 2. The minimum absolute atomic E-state index is 0.117. The van der Waals surface area contributed by atoms with Crippen LogP contribution < -0.4 is 0 Å². The molecule has 0 aliphatic heterocycles. The summed E-state index contributed by atoms with van der Waals surface area (Å²) in [6.45, 7) is 0. The molecule has 0 aliphatic rings. The minimum Gasteiger partial charge on any atom is -0.146 e. The van der Waals surface area contributed by atoms with Gasteiger partial charge in [0.25, 0.3) is 0 Å². The first-order valence-corrected chi connectivity index (χ1v) is 8.17. The lowest BCUT2D eigenvalue weighted by Crippen LogP contribution is -1.92. The van der Waals surface area contributed by atoms with E-state index in [1.807, 2.05) is 23.6 Å². The zero-order valence-corrected chi connectivity index (χ0v) is 14.2. The summed E-state index contributed by atoms with van der Waals surface area (Å²) in [6, 6.07) is 8.03. The summed E-state index contributed by atoms with van der Waals surface area (Å²) in [6.07, 6.45) is 0. The highest BCUT2D eigenvalue weighted by Gasteiger charge is 2.17. The van der Waals surface area contributed by atoms with Crippen molar-refractivity contribution < 1.29 is 0 Å². The molecule has 2 aromatic rings. The highest BCUT2D eigenvalue weighted by molar-refractivity contribution is 9.11. The van der Waals surface area contributed by atoms with E-state index in [1.165, 1.54) is 5.56 Å². The summed E-state index contributed by atoms with van der Waals surface area (Å²) in [5.41, 5.74) is 1.17. The Kier molecular flexibility index (Phi) is 4.52. The number of hydrogen-bond acceptors (Lipinski definition) is 1. The van der Waals surface area contributed by atoms with E-state index in [2.05, 4.69) is 53.9 Å². The molecule has 2 rings (SSSR count). The van der Waals surface area contributed by atoms with Crippen molar-refractivity contribution >= 4 is 70.7 Å². The molecular formula is C11H6Br3ClS. The Morgan fingerprint density at radius 2 is 1.94 bits per heavy atom. The number of hydrogen-bond donors (Lipinski definition) is 0. The molecule has 84 valence electrons. The van der Waals surface area contributed by atoms with Gasteiger partial charge in [0.2, 0.25) is 0 Å². The molecule has 1 aromatic heterocycles. The van der Waals surface area contributed by atoms with Crippen molar-refractivity contribution in [3.63, 3.8) is 0 Å². The lowest BCUT2D eigenvalue weighted by Gasteiger charge is -2.11. The quantitative estimate of drug-likeness (QED) is 0.469. The Balaban J connectivity index is 2.45. The van der Waals surface area contributed by atoms with Gasteiger partial charge in [-0.15, -0.1) is 11.3 Å². The van der Waals surface area contributed by atoms with Crippen LogP contribution in [0.3, 0.4) is 0 Å². The van der Waals surface area contributed by atoms with Crippen molar-refractivity contribution in [3.8, 4) is 0 Å². The third kappa shape index (κ3) is 2.72. The van der Waals surface area contributed by atoms with Gasteiger partial charge >= 0.3 is 0 Å². The Bertz CT molecular complexity index is 510. The normalized spacial score (nSPS) is 12.8. The standard InChI is InChI=1S/C11H6Br3ClS/c12-6-1-2-8(13)7(5-6)10(14)11-9(15)3-4-16-11/h1-5,10H. The first-order chi connectivity index (χ1) is 7.59. The first kappa shape index (κ1) is 13.1. The molecule has 0 N–H and O–H groups in total. The lowest BCUT2D eigenvalue weighted by atomic mass is 10.1. The van der Waals surface area contributed by atoms with Crippen molar-refractivity contribution in [3.05, 3.63) is 54.1 Å². The zero-order chi connectivity index (χ0) is 11.7. The van der Waals surface area contributed by atoms with E-state index in [1.54, 1.807) is 11.3 Å². The van der Waals surface area contributed by atoms with Gasteiger partial charge in [-0.3, -0.25) is 0 Å². The summed E-state index contributed by atoms with van der Waals surface area (Å²) < 4.78 is 2.13. The van der Waals surface area contributed by atoms with Gasteiger partial charge < -0.3 is 0 Å². The number of benzene rings is 1. The monoisotopic (exact) mass is 442 g/mol. The predicted molar refractivity (Wildman–Crippen MR) is 81.9 cm³/mol. The summed E-state index contributed by atoms with van der Waals surface area (Å²) in [7, 11) is 0. The van der Waals surface area contributed by atoms with Gasteiger partial charge in [-0.25, -0.2) is 0 Å². The molecule has 1 aromatic carbocycles. The fourth-order valence-corrected chi connectivity index (χ4v) is 4.74. The van der Waals surface area contributed by atoms with Crippen molar-refractivity contribution in [1.29, 1.82) is 0 Å². The van der Waals surface area contributed by atoms with Crippen molar-refractivity contribution in [2.75, 3.05) is 0 Å².